The van der Waals surface area contributed by atoms with Gasteiger partial charge in [-0.3, -0.25) is 10.1 Å². The number of nitrogens with zero attached hydrogens (tertiary/aromatic N) is 4. The van der Waals surface area contributed by atoms with E-state index >= 15 is 0 Å². The van der Waals surface area contributed by atoms with Gasteiger partial charge >= 0.3 is 0 Å². The van der Waals surface area contributed by atoms with E-state index in [1.807, 2.05) is 0 Å². The molecule has 3 aromatic rings. The maximum absolute atomic E-state index is 12.4. The van der Waals surface area contributed by atoms with E-state index in [-0.39, 0.29) is 22.2 Å². The lowest BCUT2D eigenvalue weighted by atomic mass is 10.2. The minimum Gasteiger partial charge on any atom is -0.493 e. The van der Waals surface area contributed by atoms with Crippen LogP contribution in [0.3, 0.4) is 0 Å². The first kappa shape index (κ1) is 17.5. The van der Waals surface area contributed by atoms with Crippen LogP contribution in [0.5, 0.6) is 5.88 Å². The van der Waals surface area contributed by atoms with Gasteiger partial charge in [-0.1, -0.05) is 28.8 Å². The fraction of sp³-hybridized carbons (Fsp3) is 0.125. The van der Waals surface area contributed by atoms with E-state index in [0.717, 1.165) is 6.07 Å². The highest BCUT2D eigenvalue weighted by atomic mass is 32.2. The average Bonchev–Trinajstić information content (AvgIpc) is 2.84. The third kappa shape index (κ3) is 2.90. The van der Waals surface area contributed by atoms with Gasteiger partial charge in [0.1, 0.15) is 0 Å². The zero-order chi connectivity index (χ0) is 19.1. The first-order valence-corrected chi connectivity index (χ1v) is 8.86. The topological polar surface area (TPSA) is 127 Å². The summed E-state index contributed by atoms with van der Waals surface area (Å²) in [5, 5.41) is 25.4. The van der Waals surface area contributed by atoms with Gasteiger partial charge in [-0.25, -0.2) is 0 Å². The summed E-state index contributed by atoms with van der Waals surface area (Å²) in [6.45, 7) is 1.50. The summed E-state index contributed by atoms with van der Waals surface area (Å²) in [5.74, 6) is -0.236. The number of hydrogen-bond donors (Lipinski definition) is 1. The first-order valence-electron chi connectivity index (χ1n) is 7.42. The Bertz CT molecular complexity index is 1160. The number of aromatic nitrogens is 1. The predicted octanol–water partition coefficient (Wildman–Crippen LogP) is 3.57. The van der Waals surface area contributed by atoms with Crippen molar-refractivity contribution in [1.82, 2.24) is 4.57 Å². The van der Waals surface area contributed by atoms with Gasteiger partial charge in [-0.15, -0.1) is 5.11 Å². The summed E-state index contributed by atoms with van der Waals surface area (Å²) in [5.41, 5.74) is 0.669. The van der Waals surface area contributed by atoms with Crippen molar-refractivity contribution < 1.29 is 18.4 Å². The molecule has 9 nitrogen and oxygen atoms in total. The molecule has 0 saturated heterocycles. The van der Waals surface area contributed by atoms with Gasteiger partial charge in [0.25, 0.3) is 15.7 Å². The maximum Gasteiger partial charge on any atom is 0.300 e. The molecule has 134 valence electrons. The van der Waals surface area contributed by atoms with Crippen molar-refractivity contribution in [3.05, 3.63) is 58.1 Å². The number of aryl methyl sites for hydroxylation is 2. The molecule has 0 fully saturated rings. The molecule has 0 spiro atoms. The summed E-state index contributed by atoms with van der Waals surface area (Å²) in [6.07, 6.45) is 0. The van der Waals surface area contributed by atoms with Crippen LogP contribution in [-0.2, 0) is 17.1 Å². The van der Waals surface area contributed by atoms with E-state index in [0.29, 0.717) is 16.5 Å². The van der Waals surface area contributed by atoms with Gasteiger partial charge < -0.3 is 9.67 Å². The highest BCUT2D eigenvalue weighted by Crippen LogP contribution is 2.38. The monoisotopic (exact) mass is 374 g/mol. The van der Waals surface area contributed by atoms with Crippen molar-refractivity contribution in [2.45, 2.75) is 11.8 Å². The molecule has 3 rings (SSSR count). The summed E-state index contributed by atoms with van der Waals surface area (Å²) in [4.78, 5) is 9.98. The smallest absolute Gasteiger partial charge is 0.300 e. The van der Waals surface area contributed by atoms with E-state index in [2.05, 4.69) is 9.63 Å². The standard InChI is InChI=1S/C16H14N4O5S/c1-10-7-8-11(9-14(10)20(22)23)26(24,25)18-17-15-12-5-3-4-6-13(12)19(2)16(15)21/h3-9,21H,1-2H3. The summed E-state index contributed by atoms with van der Waals surface area (Å²) >= 11 is 0. The predicted molar refractivity (Wildman–Crippen MR) is 94.1 cm³/mol. The van der Waals surface area contributed by atoms with Crippen molar-refractivity contribution in [1.29, 1.82) is 0 Å². The third-order valence-electron chi connectivity index (χ3n) is 3.97. The van der Waals surface area contributed by atoms with Crippen LogP contribution in [0.4, 0.5) is 11.4 Å². The van der Waals surface area contributed by atoms with Gasteiger partial charge in [-0.05, 0) is 19.1 Å². The van der Waals surface area contributed by atoms with Crippen LogP contribution in [-0.4, -0.2) is 23.0 Å². The Labute approximate surface area is 148 Å². The van der Waals surface area contributed by atoms with E-state index in [1.54, 1.807) is 31.3 Å². The second-order valence-corrected chi connectivity index (χ2v) is 7.20. The molecule has 1 N–H and O–H groups in total. The van der Waals surface area contributed by atoms with Crippen molar-refractivity contribution in [3.8, 4) is 5.88 Å². The van der Waals surface area contributed by atoms with Gasteiger partial charge in [0.05, 0.1) is 15.3 Å². The van der Waals surface area contributed by atoms with Crippen LogP contribution >= 0.6 is 0 Å². The molecule has 26 heavy (non-hydrogen) atoms. The zero-order valence-corrected chi connectivity index (χ0v) is 14.6. The van der Waals surface area contributed by atoms with Crippen LogP contribution in [0.1, 0.15) is 5.56 Å². The molecule has 0 unspecified atom stereocenters. The van der Waals surface area contributed by atoms with E-state index in [9.17, 15) is 23.6 Å². The van der Waals surface area contributed by atoms with Crippen molar-refractivity contribution in [2.24, 2.45) is 16.7 Å². The number of nitro groups is 1. The molecule has 0 radical (unpaired) electrons. The van der Waals surface area contributed by atoms with E-state index in [4.69, 9.17) is 0 Å². The molecule has 0 atom stereocenters. The number of fused-ring (bicyclic) bond motifs is 1. The van der Waals surface area contributed by atoms with Gasteiger partial charge in [0.15, 0.2) is 5.69 Å². The van der Waals surface area contributed by atoms with Gasteiger partial charge in [-0.2, -0.15) is 8.42 Å². The molecule has 0 aliphatic heterocycles. The Balaban J connectivity index is 2.08. The van der Waals surface area contributed by atoms with Crippen LogP contribution in [0.15, 0.2) is 57.0 Å². The van der Waals surface area contributed by atoms with Crippen LogP contribution < -0.4 is 0 Å². The second kappa shape index (κ2) is 6.23. The zero-order valence-electron chi connectivity index (χ0n) is 13.8. The molecular weight excluding hydrogens is 360 g/mol. The maximum atomic E-state index is 12.4. The number of rotatable bonds is 4. The number of benzene rings is 2. The van der Waals surface area contributed by atoms with Crippen LogP contribution in [0.25, 0.3) is 10.9 Å². The first-order chi connectivity index (χ1) is 12.2. The minimum absolute atomic E-state index is 0.00767. The molecule has 2 aromatic carbocycles. The van der Waals surface area contributed by atoms with Gasteiger partial charge in [0.2, 0.25) is 5.88 Å². The minimum atomic E-state index is -4.27. The Morgan fingerprint density at radius 1 is 1.19 bits per heavy atom. The Kier molecular flexibility index (Phi) is 4.20. The van der Waals surface area contributed by atoms with E-state index in [1.165, 1.54) is 23.6 Å². The fourth-order valence-electron chi connectivity index (χ4n) is 2.55. The molecule has 0 aliphatic rings. The normalized spacial score (nSPS) is 12.1. The van der Waals surface area contributed by atoms with E-state index < -0.39 is 14.9 Å². The van der Waals surface area contributed by atoms with Crippen molar-refractivity contribution in [3.63, 3.8) is 0 Å². The van der Waals surface area contributed by atoms with Crippen LogP contribution in [0, 0.1) is 17.0 Å². The molecule has 0 aliphatic carbocycles. The summed E-state index contributed by atoms with van der Waals surface area (Å²) < 4.78 is 29.6. The molecule has 1 heterocycles. The molecule has 0 amide bonds. The van der Waals surface area contributed by atoms with Crippen molar-refractivity contribution in [2.75, 3.05) is 0 Å². The highest BCUT2D eigenvalue weighted by Gasteiger charge is 2.21. The molecule has 10 heteroatoms. The number of para-hydroxylation sites is 1. The second-order valence-electron chi connectivity index (χ2n) is 5.61. The highest BCUT2D eigenvalue weighted by molar-refractivity contribution is 7.90. The Morgan fingerprint density at radius 2 is 1.88 bits per heavy atom. The molecule has 0 bridgehead atoms. The number of aromatic hydroxyl groups is 1. The van der Waals surface area contributed by atoms with Crippen molar-refractivity contribution >= 4 is 32.3 Å². The van der Waals surface area contributed by atoms with Crippen LogP contribution in [0.2, 0.25) is 0 Å². The number of sulfonamides is 1. The van der Waals surface area contributed by atoms with Gasteiger partial charge in [0, 0.05) is 24.1 Å². The average molecular weight is 374 g/mol. The number of nitro benzene ring substituents is 1. The summed E-state index contributed by atoms with van der Waals surface area (Å²) in [7, 11) is -2.67. The molecule has 0 saturated carbocycles. The fourth-order valence-corrected chi connectivity index (χ4v) is 3.33. The Morgan fingerprint density at radius 3 is 2.58 bits per heavy atom. The Hall–Kier alpha value is -3.27. The number of hydrogen-bond acceptors (Lipinski definition) is 6. The SMILES string of the molecule is Cc1ccc(S(=O)(=O)N=Nc2c(O)n(C)c3ccccc23)cc1[N+](=O)[O-]. The largest absolute Gasteiger partial charge is 0.493 e. The lowest BCUT2D eigenvalue weighted by Crippen LogP contribution is -1.99. The third-order valence-corrected chi connectivity index (χ3v) is 5.12. The lowest BCUT2D eigenvalue weighted by Gasteiger charge is -2.00. The summed E-state index contributed by atoms with van der Waals surface area (Å²) in [6, 6.07) is 10.4. The molecular formula is C16H14N4O5S. The lowest BCUT2D eigenvalue weighted by molar-refractivity contribution is -0.385. The quantitative estimate of drug-likeness (QED) is 0.424. The molecule has 1 aromatic heterocycles.